The summed E-state index contributed by atoms with van der Waals surface area (Å²) in [6.45, 7) is 0. The van der Waals surface area contributed by atoms with Gasteiger partial charge in [0.05, 0.1) is 9.40 Å². The van der Waals surface area contributed by atoms with Crippen molar-refractivity contribution in [2.45, 2.75) is 6.04 Å². The van der Waals surface area contributed by atoms with Gasteiger partial charge in [-0.3, -0.25) is 14.9 Å². The lowest BCUT2D eigenvalue weighted by molar-refractivity contribution is -0.384. The van der Waals surface area contributed by atoms with Gasteiger partial charge in [-0.1, -0.05) is 11.6 Å². The Balaban J connectivity index is 3.52. The van der Waals surface area contributed by atoms with E-state index in [-0.39, 0.29) is 15.1 Å². The van der Waals surface area contributed by atoms with Crippen molar-refractivity contribution in [3.05, 3.63) is 31.2 Å². The number of nitro groups is 1. The number of aliphatic carboxylic acids is 1. The third-order valence-corrected chi connectivity index (χ3v) is 3.37. The van der Waals surface area contributed by atoms with Crippen LogP contribution in [0.25, 0.3) is 0 Å². The summed E-state index contributed by atoms with van der Waals surface area (Å²) in [4.78, 5) is 20.5. The number of hydrogen-bond acceptors (Lipinski definition) is 5. The number of nitrogens with zero attached hydrogens (tertiary/aromatic N) is 1. The molecule has 1 aromatic carbocycles. The van der Waals surface area contributed by atoms with Gasteiger partial charge in [0.15, 0.2) is 0 Å². The molecule has 92 valence electrons. The number of phenols is 1. The molecular formula is C8H6BrClN2O5. The fourth-order valence-electron chi connectivity index (χ4n) is 1.13. The van der Waals surface area contributed by atoms with Crippen LogP contribution in [0.5, 0.6) is 5.75 Å². The quantitative estimate of drug-likeness (QED) is 0.574. The Morgan fingerprint density at radius 1 is 1.65 bits per heavy atom. The molecule has 0 heterocycles. The van der Waals surface area contributed by atoms with E-state index in [2.05, 4.69) is 15.9 Å². The van der Waals surface area contributed by atoms with Crippen LogP contribution < -0.4 is 5.73 Å². The molecular weight excluding hydrogens is 319 g/mol. The lowest BCUT2D eigenvalue weighted by Gasteiger charge is -2.11. The Hall–Kier alpha value is -1.38. The number of nitrogens with two attached hydrogens (primary N) is 1. The van der Waals surface area contributed by atoms with Gasteiger partial charge in [-0.15, -0.1) is 0 Å². The van der Waals surface area contributed by atoms with Crippen LogP contribution in [0, 0.1) is 10.1 Å². The van der Waals surface area contributed by atoms with E-state index < -0.39 is 28.4 Å². The van der Waals surface area contributed by atoms with Crippen molar-refractivity contribution in [3.8, 4) is 5.75 Å². The summed E-state index contributed by atoms with van der Waals surface area (Å²) in [5.74, 6) is -1.96. The molecule has 0 fully saturated rings. The van der Waals surface area contributed by atoms with Crippen LogP contribution >= 0.6 is 27.5 Å². The van der Waals surface area contributed by atoms with Gasteiger partial charge in [0.2, 0.25) is 0 Å². The Kier molecular flexibility index (Phi) is 3.91. The number of carboxylic acid groups (broad SMARTS) is 1. The van der Waals surface area contributed by atoms with Crippen molar-refractivity contribution in [1.82, 2.24) is 0 Å². The first-order valence-electron chi connectivity index (χ1n) is 4.11. The fraction of sp³-hybridized carbons (Fsp3) is 0.125. The third kappa shape index (κ3) is 2.48. The molecule has 17 heavy (non-hydrogen) atoms. The Morgan fingerprint density at radius 2 is 2.18 bits per heavy atom. The van der Waals surface area contributed by atoms with Crippen molar-refractivity contribution in [2.24, 2.45) is 5.73 Å². The predicted molar refractivity (Wildman–Crippen MR) is 62.0 cm³/mol. The summed E-state index contributed by atoms with van der Waals surface area (Å²) >= 11 is 8.44. The summed E-state index contributed by atoms with van der Waals surface area (Å²) in [7, 11) is 0. The van der Waals surface area contributed by atoms with Crippen LogP contribution in [0.2, 0.25) is 5.02 Å². The lowest BCUT2D eigenvalue weighted by Crippen LogP contribution is -2.21. The number of aromatic hydroxyl groups is 1. The van der Waals surface area contributed by atoms with Crippen LogP contribution in [0.1, 0.15) is 11.6 Å². The Bertz CT molecular complexity index is 507. The first-order valence-corrected chi connectivity index (χ1v) is 5.28. The van der Waals surface area contributed by atoms with Crippen molar-refractivity contribution < 1.29 is 19.9 Å². The average Bonchev–Trinajstić information content (AvgIpc) is 2.24. The third-order valence-electron chi connectivity index (χ3n) is 1.99. The highest BCUT2D eigenvalue weighted by Crippen LogP contribution is 2.42. The summed E-state index contributed by atoms with van der Waals surface area (Å²) < 4.78 is -0.167. The molecule has 0 aromatic heterocycles. The summed E-state index contributed by atoms with van der Waals surface area (Å²) in [6.07, 6.45) is 0. The van der Waals surface area contributed by atoms with Gasteiger partial charge in [0, 0.05) is 11.6 Å². The zero-order valence-corrected chi connectivity index (χ0v) is 10.4. The Morgan fingerprint density at radius 3 is 2.59 bits per heavy atom. The second-order valence-electron chi connectivity index (χ2n) is 3.03. The molecule has 0 aliphatic carbocycles. The standard InChI is InChI=1S/C8H6BrClN2O5/c9-4-5(10)3(12(16)17)1-2(7(4)13)6(11)8(14)15/h1,6,13H,11H2,(H,14,15)/t6-/m0/s1. The van der Waals surface area contributed by atoms with Crippen LogP contribution in [-0.4, -0.2) is 21.1 Å². The largest absolute Gasteiger partial charge is 0.506 e. The second kappa shape index (κ2) is 4.86. The van der Waals surface area contributed by atoms with E-state index in [1.54, 1.807) is 0 Å². The average molecular weight is 326 g/mol. The zero-order chi connectivity index (χ0) is 13.3. The maximum atomic E-state index is 10.7. The first-order chi connectivity index (χ1) is 7.77. The fourth-order valence-corrected chi connectivity index (χ4v) is 1.77. The topological polar surface area (TPSA) is 127 Å². The molecule has 0 amide bonds. The molecule has 7 nitrogen and oxygen atoms in total. The Labute approximate surface area is 108 Å². The van der Waals surface area contributed by atoms with E-state index in [4.69, 9.17) is 22.4 Å². The summed E-state index contributed by atoms with van der Waals surface area (Å²) in [6, 6.07) is -0.747. The van der Waals surface area contributed by atoms with Gasteiger partial charge >= 0.3 is 5.97 Å². The smallest absolute Gasteiger partial charge is 0.325 e. The van der Waals surface area contributed by atoms with E-state index in [0.717, 1.165) is 6.07 Å². The molecule has 9 heteroatoms. The van der Waals surface area contributed by atoms with Crippen LogP contribution in [-0.2, 0) is 4.79 Å². The van der Waals surface area contributed by atoms with E-state index >= 15 is 0 Å². The van der Waals surface area contributed by atoms with Gasteiger partial charge in [0.1, 0.15) is 16.8 Å². The SMILES string of the molecule is N[C@H](C(=O)O)c1cc([N+](=O)[O-])c(Cl)c(Br)c1O. The van der Waals surface area contributed by atoms with Crippen LogP contribution in [0.3, 0.4) is 0 Å². The number of nitro benzene ring substituents is 1. The van der Waals surface area contributed by atoms with Crippen molar-refractivity contribution >= 4 is 39.2 Å². The van der Waals surface area contributed by atoms with Crippen molar-refractivity contribution in [2.75, 3.05) is 0 Å². The molecule has 0 aliphatic rings. The molecule has 0 radical (unpaired) electrons. The maximum absolute atomic E-state index is 10.7. The highest BCUT2D eigenvalue weighted by molar-refractivity contribution is 9.10. The van der Waals surface area contributed by atoms with E-state index in [9.17, 15) is 20.0 Å². The number of carboxylic acids is 1. The van der Waals surface area contributed by atoms with E-state index in [0.29, 0.717) is 0 Å². The molecule has 0 saturated carbocycles. The van der Waals surface area contributed by atoms with Crippen molar-refractivity contribution in [3.63, 3.8) is 0 Å². The van der Waals surface area contributed by atoms with E-state index in [1.807, 2.05) is 0 Å². The molecule has 4 N–H and O–H groups in total. The summed E-state index contributed by atoms with van der Waals surface area (Å²) in [5.41, 5.74) is 4.45. The maximum Gasteiger partial charge on any atom is 0.325 e. The highest BCUT2D eigenvalue weighted by Gasteiger charge is 2.27. The second-order valence-corrected chi connectivity index (χ2v) is 4.21. The van der Waals surface area contributed by atoms with Crippen LogP contribution in [0.15, 0.2) is 10.5 Å². The van der Waals surface area contributed by atoms with Gasteiger partial charge in [-0.25, -0.2) is 0 Å². The van der Waals surface area contributed by atoms with Crippen LogP contribution in [0.4, 0.5) is 5.69 Å². The molecule has 0 unspecified atom stereocenters. The monoisotopic (exact) mass is 324 g/mol. The molecule has 1 rings (SSSR count). The molecule has 0 saturated heterocycles. The number of benzene rings is 1. The summed E-state index contributed by atoms with van der Waals surface area (Å²) in [5, 5.41) is 28.6. The van der Waals surface area contributed by atoms with E-state index in [1.165, 1.54) is 0 Å². The minimum atomic E-state index is -1.58. The number of phenolic OH excluding ortho intramolecular Hbond substituents is 1. The number of rotatable bonds is 3. The minimum absolute atomic E-state index is 0.167. The minimum Gasteiger partial charge on any atom is -0.506 e. The first kappa shape index (κ1) is 13.7. The highest BCUT2D eigenvalue weighted by atomic mass is 79.9. The van der Waals surface area contributed by atoms with Gasteiger partial charge in [-0.2, -0.15) is 0 Å². The number of carbonyl (C=O) groups is 1. The predicted octanol–water partition coefficient (Wildman–Crippen LogP) is 1.80. The molecule has 1 aromatic rings. The van der Waals surface area contributed by atoms with Gasteiger partial charge in [-0.05, 0) is 15.9 Å². The molecule has 0 spiro atoms. The van der Waals surface area contributed by atoms with Crippen molar-refractivity contribution in [1.29, 1.82) is 0 Å². The molecule has 0 aliphatic heterocycles. The number of halogens is 2. The van der Waals surface area contributed by atoms with Gasteiger partial charge in [0.25, 0.3) is 5.69 Å². The normalized spacial score (nSPS) is 12.2. The van der Waals surface area contributed by atoms with Gasteiger partial charge < -0.3 is 15.9 Å². The molecule has 0 bridgehead atoms. The lowest BCUT2D eigenvalue weighted by atomic mass is 10.1. The molecule has 1 atom stereocenters. The zero-order valence-electron chi connectivity index (χ0n) is 8.05. The number of hydrogen-bond donors (Lipinski definition) is 3.